The molecule has 57 valence electrons. The highest BCUT2D eigenvalue weighted by Crippen LogP contribution is 2.15. The van der Waals surface area contributed by atoms with E-state index < -0.39 is 0 Å². The fourth-order valence-electron chi connectivity index (χ4n) is 0.990. The molecular formula is C10H11O. The van der Waals surface area contributed by atoms with E-state index in [1.807, 2.05) is 13.0 Å². The highest BCUT2D eigenvalue weighted by molar-refractivity contribution is 5.33. The molecule has 1 aromatic rings. The van der Waals surface area contributed by atoms with Gasteiger partial charge in [0, 0.05) is 6.07 Å². The molecule has 0 aliphatic rings. The topological polar surface area (TPSA) is 20.2 Å². The minimum atomic E-state index is 0.204. The summed E-state index contributed by atoms with van der Waals surface area (Å²) in [6.07, 6.45) is 2.68. The Balaban J connectivity index is 2.98. The second-order valence-corrected chi connectivity index (χ2v) is 2.52. The van der Waals surface area contributed by atoms with E-state index in [0.29, 0.717) is 0 Å². The number of benzene rings is 1. The molecule has 0 saturated heterocycles. The monoisotopic (exact) mass is 147 g/mol. The summed E-state index contributed by atoms with van der Waals surface area (Å²) in [4.78, 5) is 0. The average molecular weight is 147 g/mol. The number of phenolic OH excluding ortho intramolecular Hbond substituents is 1. The second-order valence-electron chi connectivity index (χ2n) is 2.52. The highest BCUT2D eigenvalue weighted by Gasteiger charge is 1.96. The number of hydrogen-bond donors (Lipinski definition) is 1. The summed E-state index contributed by atoms with van der Waals surface area (Å²) in [6.45, 7) is 5.61. The average Bonchev–Trinajstić information content (AvgIpc) is 1.95. The van der Waals surface area contributed by atoms with Gasteiger partial charge >= 0.3 is 0 Å². The first-order chi connectivity index (χ1) is 5.24. The number of rotatable bonds is 2. The summed E-state index contributed by atoms with van der Waals surface area (Å²) in [5.41, 5.74) is 2.25. The molecule has 1 aromatic carbocycles. The van der Waals surface area contributed by atoms with Gasteiger partial charge in [0.05, 0.1) is 0 Å². The molecule has 0 unspecified atom stereocenters. The smallest absolute Gasteiger partial charge is 0.123 e. The quantitative estimate of drug-likeness (QED) is 0.636. The molecule has 0 aromatic heterocycles. The maximum absolute atomic E-state index is 9.02. The Morgan fingerprint density at radius 3 is 3.00 bits per heavy atom. The van der Waals surface area contributed by atoms with Crippen LogP contribution in [0.5, 0.6) is 5.75 Å². The molecule has 0 bridgehead atoms. The number of phenols is 1. The third-order valence-corrected chi connectivity index (χ3v) is 1.62. The van der Waals surface area contributed by atoms with Gasteiger partial charge in [-0.15, -0.1) is 6.58 Å². The maximum Gasteiger partial charge on any atom is 0.123 e. The minimum Gasteiger partial charge on any atom is -0.507 e. The van der Waals surface area contributed by atoms with E-state index >= 15 is 0 Å². The lowest BCUT2D eigenvalue weighted by molar-refractivity contribution is 0.473. The molecule has 1 radical (unpaired) electrons. The molecule has 0 spiro atoms. The number of allylic oxidation sites excluding steroid dienone is 1. The van der Waals surface area contributed by atoms with Gasteiger partial charge in [-0.25, -0.2) is 0 Å². The van der Waals surface area contributed by atoms with Crippen molar-refractivity contribution in [3.05, 3.63) is 42.0 Å². The van der Waals surface area contributed by atoms with Crippen molar-refractivity contribution in [1.82, 2.24) is 0 Å². The van der Waals surface area contributed by atoms with E-state index in [9.17, 15) is 0 Å². The first-order valence-electron chi connectivity index (χ1n) is 3.55. The largest absolute Gasteiger partial charge is 0.507 e. The molecule has 0 amide bonds. The van der Waals surface area contributed by atoms with Crippen LogP contribution >= 0.6 is 0 Å². The predicted octanol–water partition coefficient (Wildman–Crippen LogP) is 2.23. The van der Waals surface area contributed by atoms with Crippen LogP contribution in [0.15, 0.2) is 24.8 Å². The molecule has 0 fully saturated rings. The third-order valence-electron chi connectivity index (χ3n) is 1.62. The molecule has 0 saturated carbocycles. The summed E-state index contributed by atoms with van der Waals surface area (Å²) < 4.78 is 0. The number of aryl methyl sites for hydroxylation is 1. The van der Waals surface area contributed by atoms with Crippen LogP contribution in [0.4, 0.5) is 0 Å². The van der Waals surface area contributed by atoms with Crippen molar-refractivity contribution in [3.8, 4) is 5.75 Å². The van der Waals surface area contributed by atoms with Crippen LogP contribution in [0.25, 0.3) is 0 Å². The molecule has 1 heteroatoms. The zero-order valence-corrected chi connectivity index (χ0v) is 6.59. The van der Waals surface area contributed by atoms with E-state index in [0.717, 1.165) is 17.5 Å². The van der Waals surface area contributed by atoms with Gasteiger partial charge in [-0.1, -0.05) is 6.08 Å². The normalized spacial score (nSPS) is 9.55. The van der Waals surface area contributed by atoms with Crippen LogP contribution in [-0.4, -0.2) is 5.11 Å². The van der Waals surface area contributed by atoms with Crippen molar-refractivity contribution in [3.63, 3.8) is 0 Å². The Bertz CT molecular complexity index is 264. The van der Waals surface area contributed by atoms with E-state index in [1.165, 1.54) is 0 Å². The lowest BCUT2D eigenvalue weighted by Crippen LogP contribution is -1.85. The van der Waals surface area contributed by atoms with E-state index in [1.54, 1.807) is 12.1 Å². The SMILES string of the molecule is C=CCc1c[c]c(O)cc1C. The molecule has 1 rings (SSSR count). The molecule has 11 heavy (non-hydrogen) atoms. The van der Waals surface area contributed by atoms with Gasteiger partial charge in [-0.3, -0.25) is 0 Å². The summed E-state index contributed by atoms with van der Waals surface area (Å²) in [7, 11) is 0. The molecule has 0 aliphatic carbocycles. The van der Waals surface area contributed by atoms with E-state index in [-0.39, 0.29) is 5.75 Å². The second kappa shape index (κ2) is 3.24. The first-order valence-corrected chi connectivity index (χ1v) is 3.55. The van der Waals surface area contributed by atoms with Crippen molar-refractivity contribution in [2.45, 2.75) is 13.3 Å². The Hall–Kier alpha value is -1.24. The van der Waals surface area contributed by atoms with Gasteiger partial charge in [0.1, 0.15) is 5.75 Å². The van der Waals surface area contributed by atoms with E-state index in [2.05, 4.69) is 12.6 Å². The fraction of sp³-hybridized carbons (Fsp3) is 0.200. The third kappa shape index (κ3) is 1.84. The number of hydrogen-bond acceptors (Lipinski definition) is 1. The zero-order valence-electron chi connectivity index (χ0n) is 6.59. The minimum absolute atomic E-state index is 0.204. The Morgan fingerprint density at radius 1 is 1.73 bits per heavy atom. The number of aromatic hydroxyl groups is 1. The van der Waals surface area contributed by atoms with Gasteiger partial charge in [-0.05, 0) is 36.6 Å². The van der Waals surface area contributed by atoms with Gasteiger partial charge < -0.3 is 5.11 Å². The molecule has 0 heterocycles. The summed E-state index contributed by atoms with van der Waals surface area (Å²) in [5.74, 6) is 0.204. The lowest BCUT2D eigenvalue weighted by Gasteiger charge is -2.01. The zero-order chi connectivity index (χ0) is 8.27. The van der Waals surface area contributed by atoms with Crippen molar-refractivity contribution >= 4 is 0 Å². The molecule has 1 N–H and O–H groups in total. The van der Waals surface area contributed by atoms with Crippen molar-refractivity contribution < 1.29 is 5.11 Å². The van der Waals surface area contributed by atoms with Crippen LogP contribution in [0.2, 0.25) is 0 Å². The fourth-order valence-corrected chi connectivity index (χ4v) is 0.990. The van der Waals surface area contributed by atoms with Gasteiger partial charge in [0.2, 0.25) is 0 Å². The Labute approximate surface area is 67.0 Å². The van der Waals surface area contributed by atoms with Crippen molar-refractivity contribution in [2.75, 3.05) is 0 Å². The molecule has 0 aliphatic heterocycles. The van der Waals surface area contributed by atoms with Crippen LogP contribution < -0.4 is 0 Å². The maximum atomic E-state index is 9.02. The highest BCUT2D eigenvalue weighted by atomic mass is 16.3. The first kappa shape index (κ1) is 7.86. The van der Waals surface area contributed by atoms with Crippen LogP contribution in [0.1, 0.15) is 11.1 Å². The van der Waals surface area contributed by atoms with Crippen LogP contribution in [0.3, 0.4) is 0 Å². The van der Waals surface area contributed by atoms with Crippen molar-refractivity contribution in [2.24, 2.45) is 0 Å². The van der Waals surface area contributed by atoms with Gasteiger partial charge in [-0.2, -0.15) is 0 Å². The predicted molar refractivity (Wildman–Crippen MR) is 45.6 cm³/mol. The molecule has 1 nitrogen and oxygen atoms in total. The molecular weight excluding hydrogens is 136 g/mol. The van der Waals surface area contributed by atoms with Crippen LogP contribution in [-0.2, 0) is 6.42 Å². The Kier molecular flexibility index (Phi) is 2.32. The van der Waals surface area contributed by atoms with Crippen LogP contribution in [0, 0.1) is 13.0 Å². The molecule has 0 atom stereocenters. The summed E-state index contributed by atoms with van der Waals surface area (Å²) in [6, 6.07) is 6.24. The summed E-state index contributed by atoms with van der Waals surface area (Å²) >= 11 is 0. The summed E-state index contributed by atoms with van der Waals surface area (Å²) in [5, 5.41) is 9.02. The van der Waals surface area contributed by atoms with Gasteiger partial charge in [0.25, 0.3) is 0 Å². The van der Waals surface area contributed by atoms with Crippen molar-refractivity contribution in [1.29, 1.82) is 0 Å². The van der Waals surface area contributed by atoms with E-state index in [4.69, 9.17) is 5.11 Å². The standard InChI is InChI=1S/C10H11O/c1-3-4-9-5-6-10(11)7-8(9)2/h3,5,7,11H,1,4H2,2H3. The van der Waals surface area contributed by atoms with Gasteiger partial charge in [0.15, 0.2) is 0 Å². The Morgan fingerprint density at radius 2 is 2.45 bits per heavy atom. The lowest BCUT2D eigenvalue weighted by atomic mass is 10.1.